The Morgan fingerprint density at radius 2 is 1.12 bits per heavy atom. The molecule has 2 radical (unpaired) electrons. The Labute approximate surface area is 118 Å². The van der Waals surface area contributed by atoms with Gasteiger partial charge in [-0.1, -0.05) is 0 Å². The van der Waals surface area contributed by atoms with E-state index in [0.29, 0.717) is 0 Å². The molecule has 0 N–H and O–H groups in total. The number of fused-ring (bicyclic) bond motifs is 1. The molecular weight excluding hydrogens is 347 g/mol. The van der Waals surface area contributed by atoms with Gasteiger partial charge in [-0.3, -0.25) is 0 Å². The van der Waals surface area contributed by atoms with Crippen LogP contribution in [0.4, 0.5) is 11.4 Å². The van der Waals surface area contributed by atoms with Gasteiger partial charge in [-0.25, -0.2) is 0 Å². The Bertz CT molecular complexity index is 384. The molecule has 0 aliphatic carbocycles. The van der Waals surface area contributed by atoms with Gasteiger partial charge < -0.3 is 0 Å². The third kappa shape index (κ3) is 2.58. The van der Waals surface area contributed by atoms with Crippen LogP contribution in [0, 0.1) is 0 Å². The molecule has 92 valence electrons. The monoisotopic (exact) mass is 370 g/mol. The first-order valence-corrected chi connectivity index (χ1v) is 15.6. The minimum absolute atomic E-state index is 0.615. The number of hydrogen-bond acceptors (Lipinski definition) is 2. The number of nitrogens with zero attached hydrogens (tertiary/aromatic N) is 2. The van der Waals surface area contributed by atoms with Gasteiger partial charge in [0.1, 0.15) is 0 Å². The summed E-state index contributed by atoms with van der Waals surface area (Å²) in [5.41, 5.74) is 3.06. The van der Waals surface area contributed by atoms with Gasteiger partial charge in [0.25, 0.3) is 0 Å². The summed E-state index contributed by atoms with van der Waals surface area (Å²) in [6.07, 6.45) is 0. The van der Waals surface area contributed by atoms with Crippen LogP contribution >= 0.6 is 0 Å². The molecule has 0 fully saturated rings. The van der Waals surface area contributed by atoms with Crippen LogP contribution in [0.1, 0.15) is 0 Å². The summed E-state index contributed by atoms with van der Waals surface area (Å²) < 4.78 is 5.65. The SMILES string of the molecule is C[Si](C)(C)[N]1[Sn][N]([Si](C)(C)C)c2ccccc21. The Hall–Kier alpha value is 0.0525. The Morgan fingerprint density at radius 1 is 0.765 bits per heavy atom. The van der Waals surface area contributed by atoms with Crippen molar-refractivity contribution in [2.45, 2.75) is 39.3 Å². The molecule has 0 saturated carbocycles. The maximum atomic E-state index is 2.82. The number of anilines is 2. The van der Waals surface area contributed by atoms with Gasteiger partial charge in [-0.2, -0.15) is 0 Å². The third-order valence-corrected chi connectivity index (χ3v) is 21.4. The van der Waals surface area contributed by atoms with Crippen LogP contribution < -0.4 is 5.57 Å². The zero-order chi connectivity index (χ0) is 12.8. The summed E-state index contributed by atoms with van der Waals surface area (Å²) in [4.78, 5) is 0. The van der Waals surface area contributed by atoms with Crippen molar-refractivity contribution in [2.75, 3.05) is 5.57 Å². The van der Waals surface area contributed by atoms with E-state index in [2.05, 4.69) is 69.1 Å². The van der Waals surface area contributed by atoms with E-state index in [1.54, 1.807) is 0 Å². The van der Waals surface area contributed by atoms with Gasteiger partial charge >= 0.3 is 119 Å². The van der Waals surface area contributed by atoms with E-state index in [4.69, 9.17) is 0 Å². The van der Waals surface area contributed by atoms with E-state index in [0.717, 1.165) is 0 Å². The standard InChI is InChI=1S/C12H22N2Si2.Sn/c1-15(2,3)13-11-9-7-8-10-12(11)14-16(4,5)6;/h7-10H,1-6H3;/q-2;+2. The number of hydrogen-bond donors (Lipinski definition) is 0. The van der Waals surface area contributed by atoms with Crippen molar-refractivity contribution in [3.05, 3.63) is 24.3 Å². The van der Waals surface area contributed by atoms with E-state index in [9.17, 15) is 0 Å². The van der Waals surface area contributed by atoms with Crippen molar-refractivity contribution >= 4 is 49.5 Å². The molecule has 0 bridgehead atoms. The molecular formula is C12H22N2Si2Sn. The van der Waals surface area contributed by atoms with E-state index in [1.165, 1.54) is 11.4 Å². The molecule has 1 aliphatic rings. The van der Waals surface area contributed by atoms with Crippen molar-refractivity contribution < 1.29 is 0 Å². The molecule has 2 rings (SSSR count). The summed E-state index contributed by atoms with van der Waals surface area (Å²) in [7, 11) is -2.41. The predicted molar refractivity (Wildman–Crippen MR) is 83.8 cm³/mol. The predicted octanol–water partition coefficient (Wildman–Crippen LogP) is 3.52. The molecule has 0 amide bonds. The molecule has 0 unspecified atom stereocenters. The van der Waals surface area contributed by atoms with Crippen LogP contribution in [-0.2, 0) is 0 Å². The van der Waals surface area contributed by atoms with Crippen LogP contribution in [0.3, 0.4) is 0 Å². The second kappa shape index (κ2) is 4.31. The fraction of sp³-hybridized carbons (Fsp3) is 0.500. The van der Waals surface area contributed by atoms with Crippen LogP contribution in [0.15, 0.2) is 24.3 Å². The van der Waals surface area contributed by atoms with Gasteiger partial charge in [0.15, 0.2) is 0 Å². The van der Waals surface area contributed by atoms with Crippen LogP contribution in [0.2, 0.25) is 39.3 Å². The normalized spacial score (nSPS) is 16.4. The molecule has 1 aliphatic heterocycles. The second-order valence-electron chi connectivity index (χ2n) is 6.60. The Balaban J connectivity index is 2.47. The first-order valence-electron chi connectivity index (χ1n) is 6.17. The molecule has 0 aromatic heterocycles. The van der Waals surface area contributed by atoms with E-state index >= 15 is 0 Å². The number of benzene rings is 1. The summed E-state index contributed by atoms with van der Waals surface area (Å²) in [5, 5.41) is 0. The van der Waals surface area contributed by atoms with E-state index in [1.807, 2.05) is 0 Å². The summed E-state index contributed by atoms with van der Waals surface area (Å²) in [6, 6.07) is 9.04. The molecule has 0 saturated heterocycles. The topological polar surface area (TPSA) is 6.48 Å². The molecule has 5 heteroatoms. The first-order chi connectivity index (χ1) is 7.71. The maximum absolute atomic E-state index is 2.82. The zero-order valence-electron chi connectivity index (χ0n) is 11.7. The van der Waals surface area contributed by atoms with Gasteiger partial charge in [-0.15, -0.1) is 0 Å². The van der Waals surface area contributed by atoms with Gasteiger partial charge in [-0.05, 0) is 0 Å². The van der Waals surface area contributed by atoms with Gasteiger partial charge in [0.05, 0.1) is 0 Å². The molecule has 1 aromatic carbocycles. The van der Waals surface area contributed by atoms with Crippen LogP contribution in [0.25, 0.3) is 0 Å². The van der Waals surface area contributed by atoms with Crippen molar-refractivity contribution in [1.82, 2.24) is 0 Å². The molecule has 1 heterocycles. The minimum atomic E-state index is -1.21. The van der Waals surface area contributed by atoms with Crippen molar-refractivity contribution in [3.8, 4) is 0 Å². The van der Waals surface area contributed by atoms with Crippen LogP contribution in [-0.4, -0.2) is 38.2 Å². The Morgan fingerprint density at radius 3 is 1.41 bits per heavy atom. The summed E-state index contributed by atoms with van der Waals surface area (Å²) in [6.45, 7) is 14.8. The molecule has 17 heavy (non-hydrogen) atoms. The van der Waals surface area contributed by atoms with Crippen molar-refractivity contribution in [2.24, 2.45) is 0 Å². The second-order valence-corrected chi connectivity index (χ2v) is 21.9. The van der Waals surface area contributed by atoms with E-state index < -0.39 is 38.2 Å². The number of para-hydroxylation sites is 2. The van der Waals surface area contributed by atoms with Crippen molar-refractivity contribution in [3.63, 3.8) is 0 Å². The van der Waals surface area contributed by atoms with E-state index in [-0.39, 0.29) is 0 Å². The van der Waals surface area contributed by atoms with Crippen LogP contribution in [0.5, 0.6) is 0 Å². The first kappa shape index (κ1) is 13.5. The average molecular weight is 369 g/mol. The fourth-order valence-corrected chi connectivity index (χ4v) is 13.9. The quantitative estimate of drug-likeness (QED) is 0.737. The fourth-order valence-electron chi connectivity index (χ4n) is 2.07. The third-order valence-electron chi connectivity index (χ3n) is 2.91. The molecule has 2 nitrogen and oxygen atoms in total. The average Bonchev–Trinajstić information content (AvgIpc) is 2.55. The Kier molecular flexibility index (Phi) is 3.42. The van der Waals surface area contributed by atoms with Gasteiger partial charge in [0.2, 0.25) is 0 Å². The molecule has 0 spiro atoms. The molecule has 1 aromatic rings. The molecule has 0 atom stereocenters. The number of rotatable bonds is 2. The summed E-state index contributed by atoms with van der Waals surface area (Å²) in [5.74, 6) is 0. The zero-order valence-corrected chi connectivity index (χ0v) is 16.6. The van der Waals surface area contributed by atoms with Gasteiger partial charge in [0, 0.05) is 0 Å². The van der Waals surface area contributed by atoms with Crippen molar-refractivity contribution in [1.29, 1.82) is 0 Å². The summed E-state index contributed by atoms with van der Waals surface area (Å²) >= 11 is -0.615.